The second-order valence-corrected chi connectivity index (χ2v) is 6.52. The maximum atomic E-state index is 11.5. The van der Waals surface area contributed by atoms with E-state index in [0.717, 1.165) is 43.7 Å². The van der Waals surface area contributed by atoms with Crippen molar-refractivity contribution in [1.82, 2.24) is 5.32 Å². The summed E-state index contributed by atoms with van der Waals surface area (Å²) in [5.41, 5.74) is 1.63. The molecule has 1 N–H and O–H groups in total. The van der Waals surface area contributed by atoms with Crippen molar-refractivity contribution in [2.45, 2.75) is 24.9 Å². The average Bonchev–Trinajstić information content (AvgIpc) is 2.91. The molecule has 0 amide bonds. The molecule has 124 valence electrons. The monoisotopic (exact) mass is 319 g/mol. The summed E-state index contributed by atoms with van der Waals surface area (Å²) in [6, 6.07) is 3.59. The fourth-order valence-corrected chi connectivity index (χ4v) is 3.82. The standard InChI is InChI=1S/C16H21N3O4/c20-19(21)14-9-12-11-16(1-3-17-4-2-16)23-15(12)10-13(14)18-5-7-22-8-6-18/h9-10,17H,1-8,11H2. The van der Waals surface area contributed by atoms with Crippen LogP contribution >= 0.6 is 0 Å². The van der Waals surface area contributed by atoms with E-state index in [0.29, 0.717) is 32.0 Å². The van der Waals surface area contributed by atoms with Gasteiger partial charge >= 0.3 is 0 Å². The first-order chi connectivity index (χ1) is 11.2. The number of fused-ring (bicyclic) bond motifs is 1. The third-order valence-electron chi connectivity index (χ3n) is 5.06. The Bertz CT molecular complexity index is 622. The van der Waals surface area contributed by atoms with Crippen molar-refractivity contribution in [1.29, 1.82) is 0 Å². The number of nitro groups is 1. The number of anilines is 1. The minimum absolute atomic E-state index is 0.176. The lowest BCUT2D eigenvalue weighted by molar-refractivity contribution is -0.384. The Hall–Kier alpha value is -1.86. The van der Waals surface area contributed by atoms with Gasteiger partial charge in [0.15, 0.2) is 0 Å². The van der Waals surface area contributed by atoms with Crippen molar-refractivity contribution in [3.8, 4) is 5.75 Å². The highest BCUT2D eigenvalue weighted by atomic mass is 16.6. The summed E-state index contributed by atoms with van der Waals surface area (Å²) < 4.78 is 11.6. The van der Waals surface area contributed by atoms with Crippen LogP contribution in [0.2, 0.25) is 0 Å². The summed E-state index contributed by atoms with van der Waals surface area (Å²) in [5, 5.41) is 14.9. The number of benzene rings is 1. The van der Waals surface area contributed by atoms with E-state index in [1.165, 1.54) is 0 Å². The van der Waals surface area contributed by atoms with Gasteiger partial charge in [-0.05, 0) is 25.9 Å². The zero-order chi connectivity index (χ0) is 15.9. The second-order valence-electron chi connectivity index (χ2n) is 6.52. The zero-order valence-corrected chi connectivity index (χ0v) is 13.0. The number of nitro benzene ring substituents is 1. The number of hydrogen-bond donors (Lipinski definition) is 1. The van der Waals surface area contributed by atoms with Gasteiger partial charge in [-0.1, -0.05) is 0 Å². The van der Waals surface area contributed by atoms with E-state index in [9.17, 15) is 10.1 Å². The van der Waals surface area contributed by atoms with E-state index >= 15 is 0 Å². The molecule has 1 aromatic carbocycles. The molecule has 7 nitrogen and oxygen atoms in total. The van der Waals surface area contributed by atoms with Gasteiger partial charge in [0.1, 0.15) is 17.0 Å². The molecule has 3 heterocycles. The molecular formula is C16H21N3O4. The van der Waals surface area contributed by atoms with E-state index in [-0.39, 0.29) is 16.2 Å². The summed E-state index contributed by atoms with van der Waals surface area (Å²) in [7, 11) is 0. The quantitative estimate of drug-likeness (QED) is 0.657. The normalized spacial score (nSPS) is 22.7. The Morgan fingerprint density at radius 2 is 1.96 bits per heavy atom. The van der Waals surface area contributed by atoms with Crippen molar-refractivity contribution in [2.24, 2.45) is 0 Å². The number of nitrogens with one attached hydrogen (secondary N) is 1. The summed E-state index contributed by atoms with van der Waals surface area (Å²) >= 11 is 0. The number of rotatable bonds is 2. The smallest absolute Gasteiger partial charge is 0.293 e. The van der Waals surface area contributed by atoms with Crippen LogP contribution < -0.4 is 15.0 Å². The molecule has 23 heavy (non-hydrogen) atoms. The van der Waals surface area contributed by atoms with Crippen LogP contribution in [0.1, 0.15) is 18.4 Å². The Kier molecular flexibility index (Phi) is 3.61. The zero-order valence-electron chi connectivity index (χ0n) is 13.0. The van der Waals surface area contributed by atoms with Gasteiger partial charge in [-0.3, -0.25) is 10.1 Å². The molecule has 0 aromatic heterocycles. The molecule has 2 saturated heterocycles. The lowest BCUT2D eigenvalue weighted by Gasteiger charge is -2.33. The van der Waals surface area contributed by atoms with Crippen LogP contribution in [0.25, 0.3) is 0 Å². The first-order valence-electron chi connectivity index (χ1n) is 8.21. The fraction of sp³-hybridized carbons (Fsp3) is 0.625. The van der Waals surface area contributed by atoms with Gasteiger partial charge < -0.3 is 19.7 Å². The number of nitrogens with zero attached hydrogens (tertiary/aromatic N) is 2. The van der Waals surface area contributed by atoms with Gasteiger partial charge in [0.25, 0.3) is 5.69 Å². The average molecular weight is 319 g/mol. The summed E-state index contributed by atoms with van der Waals surface area (Å²) in [6.45, 7) is 4.43. The highest BCUT2D eigenvalue weighted by Crippen LogP contribution is 2.45. The number of ether oxygens (including phenoxy) is 2. The van der Waals surface area contributed by atoms with Gasteiger partial charge in [0.2, 0.25) is 0 Å². The molecule has 7 heteroatoms. The summed E-state index contributed by atoms with van der Waals surface area (Å²) in [4.78, 5) is 13.3. The van der Waals surface area contributed by atoms with Crippen LogP contribution in [-0.2, 0) is 11.2 Å². The predicted octanol–water partition coefficient (Wildman–Crippen LogP) is 1.49. The number of hydrogen-bond acceptors (Lipinski definition) is 6. The van der Waals surface area contributed by atoms with Gasteiger partial charge in [-0.2, -0.15) is 0 Å². The van der Waals surface area contributed by atoms with E-state index in [4.69, 9.17) is 9.47 Å². The van der Waals surface area contributed by atoms with E-state index in [1.807, 2.05) is 11.0 Å². The molecule has 1 aromatic rings. The van der Waals surface area contributed by atoms with E-state index in [1.54, 1.807) is 6.07 Å². The first kappa shape index (κ1) is 14.7. The highest BCUT2D eigenvalue weighted by Gasteiger charge is 2.42. The second kappa shape index (κ2) is 5.65. The van der Waals surface area contributed by atoms with Crippen molar-refractivity contribution in [3.05, 3.63) is 27.8 Å². The Morgan fingerprint density at radius 3 is 2.65 bits per heavy atom. The number of piperidine rings is 1. The van der Waals surface area contributed by atoms with Crippen LogP contribution in [0.15, 0.2) is 12.1 Å². The van der Waals surface area contributed by atoms with Crippen LogP contribution in [0.3, 0.4) is 0 Å². The van der Waals surface area contributed by atoms with Crippen molar-refractivity contribution in [3.63, 3.8) is 0 Å². The fourth-order valence-electron chi connectivity index (χ4n) is 3.82. The molecule has 0 saturated carbocycles. The molecule has 0 atom stereocenters. The van der Waals surface area contributed by atoms with Crippen molar-refractivity contribution in [2.75, 3.05) is 44.3 Å². The lowest BCUT2D eigenvalue weighted by atomic mass is 9.88. The number of morpholine rings is 1. The molecule has 0 bridgehead atoms. The third kappa shape index (κ3) is 2.64. The Balaban J connectivity index is 1.69. The molecule has 0 aliphatic carbocycles. The van der Waals surface area contributed by atoms with Crippen LogP contribution in [0.5, 0.6) is 5.75 Å². The van der Waals surface area contributed by atoms with E-state index in [2.05, 4.69) is 5.32 Å². The van der Waals surface area contributed by atoms with Gasteiger partial charge in [0, 0.05) is 37.2 Å². The minimum atomic E-state index is -0.279. The first-order valence-corrected chi connectivity index (χ1v) is 8.21. The molecule has 0 unspecified atom stereocenters. The van der Waals surface area contributed by atoms with Gasteiger partial charge in [-0.15, -0.1) is 0 Å². The summed E-state index contributed by atoms with van der Waals surface area (Å²) in [6.07, 6.45) is 2.67. The minimum Gasteiger partial charge on any atom is -0.486 e. The maximum Gasteiger partial charge on any atom is 0.293 e. The topological polar surface area (TPSA) is 76.9 Å². The molecule has 4 rings (SSSR count). The molecule has 0 radical (unpaired) electrons. The largest absolute Gasteiger partial charge is 0.486 e. The summed E-state index contributed by atoms with van der Waals surface area (Å²) in [5.74, 6) is 0.819. The molecule has 1 spiro atoms. The van der Waals surface area contributed by atoms with Crippen molar-refractivity contribution < 1.29 is 14.4 Å². The van der Waals surface area contributed by atoms with Crippen LogP contribution in [0.4, 0.5) is 11.4 Å². The van der Waals surface area contributed by atoms with Crippen LogP contribution in [0, 0.1) is 10.1 Å². The van der Waals surface area contributed by atoms with E-state index < -0.39 is 0 Å². The lowest BCUT2D eigenvalue weighted by Crippen LogP contribution is -2.45. The van der Waals surface area contributed by atoms with Gasteiger partial charge in [0.05, 0.1) is 18.1 Å². The van der Waals surface area contributed by atoms with Crippen molar-refractivity contribution >= 4 is 11.4 Å². The van der Waals surface area contributed by atoms with Crippen LogP contribution in [-0.4, -0.2) is 49.9 Å². The molecular weight excluding hydrogens is 298 g/mol. The SMILES string of the molecule is O=[N+]([O-])c1cc2c(cc1N1CCOCC1)OC1(CCNCC1)C2. The molecule has 3 aliphatic rings. The highest BCUT2D eigenvalue weighted by molar-refractivity contribution is 5.69. The molecule has 2 fully saturated rings. The molecule has 3 aliphatic heterocycles. The Labute approximate surface area is 134 Å². The third-order valence-corrected chi connectivity index (χ3v) is 5.06. The maximum absolute atomic E-state index is 11.5. The Morgan fingerprint density at radius 1 is 1.22 bits per heavy atom. The predicted molar refractivity (Wildman–Crippen MR) is 85.3 cm³/mol. The van der Waals surface area contributed by atoms with Gasteiger partial charge in [-0.25, -0.2) is 0 Å².